The first kappa shape index (κ1) is 13.8. The van der Waals surface area contributed by atoms with Crippen molar-refractivity contribution in [1.82, 2.24) is 14.6 Å². The van der Waals surface area contributed by atoms with Crippen molar-refractivity contribution < 1.29 is 4.74 Å². The zero-order chi connectivity index (χ0) is 13.8. The van der Waals surface area contributed by atoms with E-state index in [9.17, 15) is 0 Å². The summed E-state index contributed by atoms with van der Waals surface area (Å²) in [4.78, 5) is 4.55. The highest BCUT2D eigenvalue weighted by molar-refractivity contribution is 5.55. The highest BCUT2D eigenvalue weighted by atomic mass is 16.5. The zero-order valence-corrected chi connectivity index (χ0v) is 11.7. The van der Waals surface area contributed by atoms with Crippen LogP contribution in [-0.2, 0) is 11.3 Å². The smallest absolute Gasteiger partial charge is 0.157 e. The van der Waals surface area contributed by atoms with Gasteiger partial charge in [0.25, 0.3) is 0 Å². The van der Waals surface area contributed by atoms with Crippen LogP contribution in [0.4, 0.5) is 5.82 Å². The molecule has 0 aliphatic heterocycles. The summed E-state index contributed by atoms with van der Waals surface area (Å²) >= 11 is 0. The second kappa shape index (κ2) is 5.99. The molecule has 0 aliphatic carbocycles. The normalized spacial score (nSPS) is 11.2. The van der Waals surface area contributed by atoms with Gasteiger partial charge in [-0.05, 0) is 26.8 Å². The fourth-order valence-corrected chi connectivity index (χ4v) is 1.98. The fraction of sp³-hybridized carbons (Fsp3) is 0.538. The van der Waals surface area contributed by atoms with Gasteiger partial charge >= 0.3 is 0 Å². The van der Waals surface area contributed by atoms with Crippen LogP contribution >= 0.6 is 0 Å². The van der Waals surface area contributed by atoms with Crippen molar-refractivity contribution in [2.24, 2.45) is 5.73 Å². The number of rotatable bonds is 6. The van der Waals surface area contributed by atoms with Gasteiger partial charge in [0.05, 0.1) is 12.3 Å². The van der Waals surface area contributed by atoms with Crippen molar-refractivity contribution in [3.63, 3.8) is 0 Å². The van der Waals surface area contributed by atoms with Crippen molar-refractivity contribution >= 4 is 11.5 Å². The lowest BCUT2D eigenvalue weighted by molar-refractivity contribution is 0.181. The topological polar surface area (TPSA) is 77.5 Å². The van der Waals surface area contributed by atoms with Gasteiger partial charge in [-0.3, -0.25) is 0 Å². The van der Waals surface area contributed by atoms with E-state index in [4.69, 9.17) is 10.5 Å². The third kappa shape index (κ3) is 2.85. The van der Waals surface area contributed by atoms with Crippen LogP contribution < -0.4 is 11.1 Å². The number of aromatic nitrogens is 3. The molecule has 3 N–H and O–H groups in total. The zero-order valence-electron chi connectivity index (χ0n) is 11.7. The largest absolute Gasteiger partial charge is 0.378 e. The van der Waals surface area contributed by atoms with Gasteiger partial charge < -0.3 is 15.8 Å². The molecule has 0 amide bonds. The summed E-state index contributed by atoms with van der Waals surface area (Å²) < 4.78 is 6.96. The van der Waals surface area contributed by atoms with Gasteiger partial charge in [-0.1, -0.05) is 0 Å². The summed E-state index contributed by atoms with van der Waals surface area (Å²) in [5.74, 6) is 0.985. The SMILES string of the molecule is COCc1cc2nc(C)c(C)c(NCCCN)n2n1. The predicted octanol–water partition coefficient (Wildman–Crippen LogP) is 1.25. The lowest BCUT2D eigenvalue weighted by Crippen LogP contribution is -2.13. The van der Waals surface area contributed by atoms with Gasteiger partial charge in [0.1, 0.15) is 5.82 Å². The lowest BCUT2D eigenvalue weighted by Gasteiger charge is -2.12. The first-order valence-corrected chi connectivity index (χ1v) is 6.46. The molecule has 19 heavy (non-hydrogen) atoms. The minimum Gasteiger partial charge on any atom is -0.378 e. The van der Waals surface area contributed by atoms with Crippen molar-refractivity contribution in [2.45, 2.75) is 26.9 Å². The Hall–Kier alpha value is -1.66. The standard InChI is InChI=1S/C13H21N5O/c1-9-10(2)16-12-7-11(8-19-3)17-18(12)13(9)15-6-4-5-14/h7,15H,4-6,8,14H2,1-3H3. The van der Waals surface area contributed by atoms with Crippen molar-refractivity contribution in [3.8, 4) is 0 Å². The Labute approximate surface area is 113 Å². The molecule has 0 radical (unpaired) electrons. The molecular weight excluding hydrogens is 242 g/mol. The highest BCUT2D eigenvalue weighted by Gasteiger charge is 2.11. The van der Waals surface area contributed by atoms with Crippen LogP contribution in [-0.4, -0.2) is 34.8 Å². The van der Waals surface area contributed by atoms with Crippen LogP contribution in [0.25, 0.3) is 5.65 Å². The maximum atomic E-state index is 5.53. The molecule has 2 aromatic rings. The van der Waals surface area contributed by atoms with E-state index in [1.807, 2.05) is 24.4 Å². The van der Waals surface area contributed by atoms with Gasteiger partial charge in [-0.25, -0.2) is 4.98 Å². The maximum Gasteiger partial charge on any atom is 0.157 e. The molecule has 0 bridgehead atoms. The Morgan fingerprint density at radius 3 is 2.89 bits per heavy atom. The van der Waals surface area contributed by atoms with E-state index in [0.29, 0.717) is 13.2 Å². The number of hydrogen-bond donors (Lipinski definition) is 2. The number of anilines is 1. The molecule has 6 nitrogen and oxygen atoms in total. The molecule has 2 rings (SSSR count). The Bertz CT molecular complexity index is 564. The van der Waals surface area contributed by atoms with Gasteiger partial charge in [0.2, 0.25) is 0 Å². The van der Waals surface area contributed by atoms with Crippen LogP contribution in [0.5, 0.6) is 0 Å². The summed E-state index contributed by atoms with van der Waals surface area (Å²) in [6.45, 7) is 6.04. The Morgan fingerprint density at radius 1 is 1.42 bits per heavy atom. The number of hydrogen-bond acceptors (Lipinski definition) is 5. The molecule has 0 saturated carbocycles. The molecule has 104 valence electrons. The van der Waals surface area contributed by atoms with Gasteiger partial charge in [-0.15, -0.1) is 0 Å². The monoisotopic (exact) mass is 263 g/mol. The molecule has 0 spiro atoms. The number of nitrogens with zero attached hydrogens (tertiary/aromatic N) is 3. The minimum absolute atomic E-state index is 0.490. The van der Waals surface area contributed by atoms with Gasteiger partial charge in [0.15, 0.2) is 5.65 Å². The Kier molecular flexibility index (Phi) is 4.34. The Balaban J connectivity index is 2.42. The first-order valence-electron chi connectivity index (χ1n) is 6.46. The summed E-state index contributed by atoms with van der Waals surface area (Å²) in [6, 6.07) is 1.95. The molecule has 0 aromatic carbocycles. The van der Waals surface area contributed by atoms with Crippen molar-refractivity contribution in [2.75, 3.05) is 25.5 Å². The number of methoxy groups -OCH3 is 1. The highest BCUT2D eigenvalue weighted by Crippen LogP contribution is 2.20. The Morgan fingerprint density at radius 2 is 2.21 bits per heavy atom. The maximum absolute atomic E-state index is 5.53. The van der Waals surface area contributed by atoms with E-state index in [2.05, 4.69) is 15.4 Å². The molecule has 2 heterocycles. The molecule has 0 unspecified atom stereocenters. The number of ether oxygens (including phenoxy) is 1. The molecule has 2 aromatic heterocycles. The summed E-state index contributed by atoms with van der Waals surface area (Å²) in [6.07, 6.45) is 0.925. The summed E-state index contributed by atoms with van der Waals surface area (Å²) in [7, 11) is 1.66. The van der Waals surface area contributed by atoms with E-state index in [-0.39, 0.29) is 0 Å². The second-order valence-corrected chi connectivity index (χ2v) is 4.58. The molecule has 6 heteroatoms. The summed E-state index contributed by atoms with van der Waals surface area (Å²) in [5.41, 5.74) is 9.35. The van der Waals surface area contributed by atoms with Gasteiger partial charge in [-0.2, -0.15) is 9.61 Å². The van der Waals surface area contributed by atoms with E-state index >= 15 is 0 Å². The average Bonchev–Trinajstić information content (AvgIpc) is 2.77. The molecule has 0 fully saturated rings. The van der Waals surface area contributed by atoms with Gasteiger partial charge in [0, 0.05) is 31.0 Å². The predicted molar refractivity (Wildman–Crippen MR) is 75.3 cm³/mol. The number of nitrogens with one attached hydrogen (secondary N) is 1. The van der Waals surface area contributed by atoms with E-state index in [1.165, 1.54) is 0 Å². The summed E-state index contributed by atoms with van der Waals surface area (Å²) in [5, 5.41) is 7.91. The molecule has 0 aliphatic rings. The average molecular weight is 263 g/mol. The van der Waals surface area contributed by atoms with E-state index in [0.717, 1.165) is 41.4 Å². The molecular formula is C13H21N5O. The fourth-order valence-electron chi connectivity index (χ4n) is 1.98. The van der Waals surface area contributed by atoms with Crippen LogP contribution in [0.1, 0.15) is 23.4 Å². The lowest BCUT2D eigenvalue weighted by atomic mass is 10.2. The number of fused-ring (bicyclic) bond motifs is 1. The third-order valence-corrected chi connectivity index (χ3v) is 3.10. The van der Waals surface area contributed by atoms with Crippen molar-refractivity contribution in [1.29, 1.82) is 0 Å². The number of nitrogens with two attached hydrogens (primary N) is 1. The second-order valence-electron chi connectivity index (χ2n) is 4.58. The van der Waals surface area contributed by atoms with Crippen LogP contribution in [0.2, 0.25) is 0 Å². The molecule has 0 saturated heterocycles. The quantitative estimate of drug-likeness (QED) is 0.767. The molecule has 0 atom stereocenters. The minimum atomic E-state index is 0.490. The van der Waals surface area contributed by atoms with Crippen LogP contribution in [0.15, 0.2) is 6.07 Å². The van der Waals surface area contributed by atoms with Crippen LogP contribution in [0.3, 0.4) is 0 Å². The van der Waals surface area contributed by atoms with E-state index in [1.54, 1.807) is 7.11 Å². The van der Waals surface area contributed by atoms with Crippen molar-refractivity contribution in [3.05, 3.63) is 23.0 Å². The van der Waals surface area contributed by atoms with E-state index < -0.39 is 0 Å². The first-order chi connectivity index (χ1) is 9.17. The number of aryl methyl sites for hydroxylation is 1. The van der Waals surface area contributed by atoms with Crippen LogP contribution in [0, 0.1) is 13.8 Å². The third-order valence-electron chi connectivity index (χ3n) is 3.10.